The SMILES string of the molecule is COc1ccccc1Oc1cnc(N)nc1. The van der Waals surface area contributed by atoms with Crippen LogP contribution in [0.25, 0.3) is 0 Å². The molecule has 0 saturated heterocycles. The Morgan fingerprint density at radius 2 is 1.69 bits per heavy atom. The number of ether oxygens (including phenoxy) is 2. The van der Waals surface area contributed by atoms with Gasteiger partial charge >= 0.3 is 0 Å². The van der Waals surface area contributed by atoms with E-state index in [0.29, 0.717) is 17.2 Å². The predicted molar refractivity (Wildman–Crippen MR) is 59.5 cm³/mol. The Labute approximate surface area is 92.9 Å². The number of methoxy groups -OCH3 is 1. The first-order valence-electron chi connectivity index (χ1n) is 4.68. The lowest BCUT2D eigenvalue weighted by molar-refractivity contribution is 0.378. The van der Waals surface area contributed by atoms with Gasteiger partial charge in [-0.15, -0.1) is 0 Å². The molecule has 5 nitrogen and oxygen atoms in total. The molecule has 0 spiro atoms. The molecule has 0 fully saturated rings. The van der Waals surface area contributed by atoms with Crippen molar-refractivity contribution in [2.24, 2.45) is 0 Å². The zero-order valence-corrected chi connectivity index (χ0v) is 8.75. The van der Waals surface area contributed by atoms with Crippen LogP contribution in [-0.2, 0) is 0 Å². The van der Waals surface area contributed by atoms with Crippen LogP contribution in [-0.4, -0.2) is 17.1 Å². The molecule has 0 bridgehead atoms. The fourth-order valence-corrected chi connectivity index (χ4v) is 1.21. The monoisotopic (exact) mass is 217 g/mol. The van der Waals surface area contributed by atoms with Crippen molar-refractivity contribution in [3.8, 4) is 17.2 Å². The second-order valence-corrected chi connectivity index (χ2v) is 3.03. The summed E-state index contributed by atoms with van der Waals surface area (Å²) in [6.45, 7) is 0. The van der Waals surface area contributed by atoms with Crippen molar-refractivity contribution < 1.29 is 9.47 Å². The van der Waals surface area contributed by atoms with E-state index in [0.717, 1.165) is 0 Å². The molecule has 0 saturated carbocycles. The molecule has 2 aromatic rings. The number of aromatic nitrogens is 2. The number of para-hydroxylation sites is 2. The second-order valence-electron chi connectivity index (χ2n) is 3.03. The molecule has 0 radical (unpaired) electrons. The topological polar surface area (TPSA) is 70.3 Å². The predicted octanol–water partition coefficient (Wildman–Crippen LogP) is 1.86. The lowest BCUT2D eigenvalue weighted by atomic mass is 10.3. The number of hydrogen-bond acceptors (Lipinski definition) is 5. The molecule has 1 heterocycles. The first-order chi connectivity index (χ1) is 7.79. The highest BCUT2D eigenvalue weighted by molar-refractivity contribution is 5.42. The Balaban J connectivity index is 2.23. The number of nitrogens with zero attached hydrogens (tertiary/aromatic N) is 2. The molecule has 0 aliphatic heterocycles. The smallest absolute Gasteiger partial charge is 0.220 e. The fraction of sp³-hybridized carbons (Fsp3) is 0.0909. The van der Waals surface area contributed by atoms with Gasteiger partial charge in [-0.05, 0) is 12.1 Å². The van der Waals surface area contributed by atoms with Gasteiger partial charge in [0, 0.05) is 0 Å². The third kappa shape index (κ3) is 2.20. The summed E-state index contributed by atoms with van der Waals surface area (Å²) >= 11 is 0. The number of rotatable bonds is 3. The summed E-state index contributed by atoms with van der Waals surface area (Å²) in [5, 5.41) is 0. The maximum absolute atomic E-state index is 5.55. The molecule has 0 aliphatic rings. The maximum Gasteiger partial charge on any atom is 0.220 e. The fourth-order valence-electron chi connectivity index (χ4n) is 1.21. The van der Waals surface area contributed by atoms with E-state index in [2.05, 4.69) is 9.97 Å². The van der Waals surface area contributed by atoms with E-state index >= 15 is 0 Å². The molecule has 0 aliphatic carbocycles. The third-order valence-electron chi connectivity index (χ3n) is 1.95. The van der Waals surface area contributed by atoms with Gasteiger partial charge in [0.25, 0.3) is 0 Å². The van der Waals surface area contributed by atoms with Gasteiger partial charge in [-0.3, -0.25) is 0 Å². The minimum atomic E-state index is 0.215. The summed E-state index contributed by atoms with van der Waals surface area (Å²) in [6.07, 6.45) is 3.02. The molecule has 5 heteroatoms. The molecule has 0 unspecified atom stereocenters. The molecule has 1 aromatic heterocycles. The number of anilines is 1. The maximum atomic E-state index is 5.55. The summed E-state index contributed by atoms with van der Waals surface area (Å²) in [4.78, 5) is 7.66. The summed E-state index contributed by atoms with van der Waals surface area (Å²) < 4.78 is 10.7. The minimum Gasteiger partial charge on any atom is -0.493 e. The van der Waals surface area contributed by atoms with E-state index in [9.17, 15) is 0 Å². The number of benzene rings is 1. The normalized spacial score (nSPS) is 9.81. The van der Waals surface area contributed by atoms with Crippen LogP contribution in [0.4, 0.5) is 5.95 Å². The summed E-state index contributed by atoms with van der Waals surface area (Å²) in [5.41, 5.74) is 5.37. The molecular weight excluding hydrogens is 206 g/mol. The van der Waals surface area contributed by atoms with Crippen molar-refractivity contribution in [1.29, 1.82) is 0 Å². The number of nitrogens with two attached hydrogens (primary N) is 1. The highest BCUT2D eigenvalue weighted by Gasteiger charge is 2.04. The number of hydrogen-bond donors (Lipinski definition) is 1. The van der Waals surface area contributed by atoms with E-state index in [-0.39, 0.29) is 5.95 Å². The van der Waals surface area contributed by atoms with Gasteiger partial charge in [-0.2, -0.15) is 0 Å². The average molecular weight is 217 g/mol. The summed E-state index contributed by atoms with van der Waals surface area (Å²) in [7, 11) is 1.58. The Morgan fingerprint density at radius 3 is 2.31 bits per heavy atom. The van der Waals surface area contributed by atoms with Crippen molar-refractivity contribution in [2.45, 2.75) is 0 Å². The van der Waals surface area contributed by atoms with E-state index in [1.165, 1.54) is 12.4 Å². The Kier molecular flexibility index (Phi) is 2.86. The highest BCUT2D eigenvalue weighted by Crippen LogP contribution is 2.30. The van der Waals surface area contributed by atoms with Crippen LogP contribution in [0.15, 0.2) is 36.7 Å². The van der Waals surface area contributed by atoms with Crippen LogP contribution in [0, 0.1) is 0 Å². The van der Waals surface area contributed by atoms with Crippen LogP contribution < -0.4 is 15.2 Å². The first kappa shape index (κ1) is 10.2. The zero-order chi connectivity index (χ0) is 11.4. The molecule has 1 aromatic carbocycles. The standard InChI is InChI=1S/C11H11N3O2/c1-15-9-4-2-3-5-10(9)16-8-6-13-11(12)14-7-8/h2-7H,1H3,(H2,12,13,14). The van der Waals surface area contributed by atoms with Crippen molar-refractivity contribution in [2.75, 3.05) is 12.8 Å². The second kappa shape index (κ2) is 4.48. The van der Waals surface area contributed by atoms with Gasteiger partial charge in [0.05, 0.1) is 19.5 Å². The first-order valence-corrected chi connectivity index (χ1v) is 4.68. The Bertz CT molecular complexity index is 471. The van der Waals surface area contributed by atoms with Crippen LogP contribution in [0.1, 0.15) is 0 Å². The minimum absolute atomic E-state index is 0.215. The average Bonchev–Trinajstić information content (AvgIpc) is 2.33. The van der Waals surface area contributed by atoms with Crippen molar-refractivity contribution in [3.63, 3.8) is 0 Å². The molecule has 2 N–H and O–H groups in total. The molecule has 0 amide bonds. The Morgan fingerprint density at radius 1 is 1.06 bits per heavy atom. The van der Waals surface area contributed by atoms with Crippen LogP contribution in [0.5, 0.6) is 17.2 Å². The van der Waals surface area contributed by atoms with Crippen LogP contribution in [0.3, 0.4) is 0 Å². The zero-order valence-electron chi connectivity index (χ0n) is 8.75. The van der Waals surface area contributed by atoms with E-state index in [1.807, 2.05) is 18.2 Å². The largest absolute Gasteiger partial charge is 0.493 e. The van der Waals surface area contributed by atoms with Gasteiger partial charge in [0.1, 0.15) is 0 Å². The van der Waals surface area contributed by atoms with E-state index in [1.54, 1.807) is 13.2 Å². The molecule has 82 valence electrons. The third-order valence-corrected chi connectivity index (χ3v) is 1.95. The van der Waals surface area contributed by atoms with E-state index in [4.69, 9.17) is 15.2 Å². The van der Waals surface area contributed by atoms with E-state index < -0.39 is 0 Å². The summed E-state index contributed by atoms with van der Waals surface area (Å²) in [6, 6.07) is 7.34. The number of nitrogen functional groups attached to an aromatic ring is 1. The van der Waals surface area contributed by atoms with Gasteiger partial charge in [0.2, 0.25) is 5.95 Å². The molecule has 0 atom stereocenters. The van der Waals surface area contributed by atoms with Gasteiger partial charge in [0.15, 0.2) is 17.2 Å². The van der Waals surface area contributed by atoms with Crippen molar-refractivity contribution in [3.05, 3.63) is 36.7 Å². The lowest BCUT2D eigenvalue weighted by Crippen LogP contribution is -1.95. The van der Waals surface area contributed by atoms with Gasteiger partial charge in [-0.25, -0.2) is 9.97 Å². The Hall–Kier alpha value is -2.30. The van der Waals surface area contributed by atoms with Gasteiger partial charge < -0.3 is 15.2 Å². The molecule has 2 rings (SSSR count). The quantitative estimate of drug-likeness (QED) is 0.849. The highest BCUT2D eigenvalue weighted by atomic mass is 16.5. The van der Waals surface area contributed by atoms with Crippen LogP contribution >= 0.6 is 0 Å². The summed E-state index contributed by atoms with van der Waals surface area (Å²) in [5.74, 6) is 1.99. The van der Waals surface area contributed by atoms with Crippen molar-refractivity contribution >= 4 is 5.95 Å². The molecular formula is C11H11N3O2. The molecule has 16 heavy (non-hydrogen) atoms. The van der Waals surface area contributed by atoms with Crippen molar-refractivity contribution in [1.82, 2.24) is 9.97 Å². The van der Waals surface area contributed by atoms with Crippen LogP contribution in [0.2, 0.25) is 0 Å². The lowest BCUT2D eigenvalue weighted by Gasteiger charge is -2.08. The van der Waals surface area contributed by atoms with Gasteiger partial charge in [-0.1, -0.05) is 12.1 Å².